The van der Waals surface area contributed by atoms with Gasteiger partial charge in [0.15, 0.2) is 6.29 Å². The van der Waals surface area contributed by atoms with Gasteiger partial charge in [-0.05, 0) is 70.5 Å². The SMILES string of the molecule is CC1=C(C(=O)OC(C)(C)C)C(C)(c2cccc(NC(=O)Nc3ccc(F)cc3F)c2)C=C(C=O)N1. The molecule has 1 heterocycles. The number of nitrogens with one attached hydrogen (secondary N) is 3. The van der Waals surface area contributed by atoms with E-state index in [0.29, 0.717) is 34.9 Å². The molecule has 0 aromatic heterocycles. The molecule has 0 spiro atoms. The fraction of sp³-hybridized carbons (Fsp3) is 0.269. The number of rotatable bonds is 5. The molecule has 0 fully saturated rings. The fourth-order valence-corrected chi connectivity index (χ4v) is 3.87. The Bertz CT molecular complexity index is 1250. The van der Waals surface area contributed by atoms with E-state index in [9.17, 15) is 23.2 Å². The first-order chi connectivity index (χ1) is 16.3. The Morgan fingerprint density at radius 3 is 2.43 bits per heavy atom. The van der Waals surface area contributed by atoms with Crippen molar-refractivity contribution in [2.45, 2.75) is 45.6 Å². The normalized spacial score (nSPS) is 17.7. The molecular weight excluding hydrogens is 456 g/mol. The van der Waals surface area contributed by atoms with Crippen molar-refractivity contribution in [3.8, 4) is 0 Å². The number of halogens is 2. The summed E-state index contributed by atoms with van der Waals surface area (Å²) in [6.07, 6.45) is 2.28. The predicted molar refractivity (Wildman–Crippen MR) is 129 cm³/mol. The number of ether oxygens (including phenoxy) is 1. The van der Waals surface area contributed by atoms with Gasteiger partial charge in [-0.1, -0.05) is 12.1 Å². The number of hydrogen-bond donors (Lipinski definition) is 3. The first-order valence-corrected chi connectivity index (χ1v) is 10.9. The number of carbonyl (C=O) groups is 3. The molecule has 2 aromatic rings. The molecule has 7 nitrogen and oxygen atoms in total. The lowest BCUT2D eigenvalue weighted by Gasteiger charge is -2.36. The predicted octanol–water partition coefficient (Wildman–Crippen LogP) is 5.17. The maximum atomic E-state index is 13.9. The van der Waals surface area contributed by atoms with Gasteiger partial charge in [-0.2, -0.15) is 0 Å². The van der Waals surface area contributed by atoms with Gasteiger partial charge < -0.3 is 20.7 Å². The molecule has 35 heavy (non-hydrogen) atoms. The highest BCUT2D eigenvalue weighted by Gasteiger charge is 2.40. The lowest BCUT2D eigenvalue weighted by atomic mass is 9.72. The summed E-state index contributed by atoms with van der Waals surface area (Å²) in [6, 6.07) is 8.75. The van der Waals surface area contributed by atoms with Gasteiger partial charge in [0.25, 0.3) is 0 Å². The Labute approximate surface area is 202 Å². The molecule has 2 aromatic carbocycles. The van der Waals surface area contributed by atoms with Crippen LogP contribution >= 0.6 is 0 Å². The number of benzene rings is 2. The monoisotopic (exact) mass is 483 g/mol. The molecular formula is C26H27F2N3O4. The highest BCUT2D eigenvalue weighted by Crippen LogP contribution is 2.40. The van der Waals surface area contributed by atoms with Crippen LogP contribution in [0.5, 0.6) is 0 Å². The third kappa shape index (κ3) is 5.92. The largest absolute Gasteiger partial charge is 0.457 e. The van der Waals surface area contributed by atoms with E-state index in [1.807, 2.05) is 0 Å². The van der Waals surface area contributed by atoms with Crippen molar-refractivity contribution in [2.75, 3.05) is 10.6 Å². The lowest BCUT2D eigenvalue weighted by molar-refractivity contribution is -0.150. The molecule has 2 amide bonds. The van der Waals surface area contributed by atoms with E-state index in [2.05, 4.69) is 16.0 Å². The first kappa shape index (κ1) is 25.6. The van der Waals surface area contributed by atoms with Crippen LogP contribution in [0.25, 0.3) is 0 Å². The molecule has 1 aliphatic heterocycles. The lowest BCUT2D eigenvalue weighted by Crippen LogP contribution is -2.39. The van der Waals surface area contributed by atoms with Gasteiger partial charge in [-0.15, -0.1) is 0 Å². The van der Waals surface area contributed by atoms with Gasteiger partial charge in [-0.25, -0.2) is 18.4 Å². The number of allylic oxidation sites excluding steroid dienone is 3. The number of anilines is 2. The zero-order valence-electron chi connectivity index (χ0n) is 20.1. The van der Waals surface area contributed by atoms with E-state index in [4.69, 9.17) is 4.74 Å². The number of urea groups is 1. The van der Waals surface area contributed by atoms with Gasteiger partial charge in [0.05, 0.1) is 17.0 Å². The minimum Gasteiger partial charge on any atom is -0.457 e. The van der Waals surface area contributed by atoms with Crippen molar-refractivity contribution >= 4 is 29.7 Å². The van der Waals surface area contributed by atoms with E-state index in [1.165, 1.54) is 0 Å². The summed E-state index contributed by atoms with van der Waals surface area (Å²) in [6.45, 7) is 8.73. The molecule has 3 rings (SSSR count). The van der Waals surface area contributed by atoms with Gasteiger partial charge in [0.1, 0.15) is 17.2 Å². The summed E-state index contributed by atoms with van der Waals surface area (Å²) < 4.78 is 32.6. The second-order valence-corrected chi connectivity index (χ2v) is 9.33. The van der Waals surface area contributed by atoms with Crippen LogP contribution in [0.15, 0.2) is 65.5 Å². The topological polar surface area (TPSA) is 96.5 Å². The molecule has 184 valence electrons. The third-order valence-corrected chi connectivity index (χ3v) is 5.30. The highest BCUT2D eigenvalue weighted by molar-refractivity contribution is 6.00. The van der Waals surface area contributed by atoms with Crippen LogP contribution in [0.2, 0.25) is 0 Å². The molecule has 0 saturated carbocycles. The third-order valence-electron chi connectivity index (χ3n) is 5.30. The van der Waals surface area contributed by atoms with E-state index in [0.717, 1.165) is 12.1 Å². The van der Waals surface area contributed by atoms with Crippen LogP contribution in [0.1, 0.15) is 40.2 Å². The van der Waals surface area contributed by atoms with Crippen molar-refractivity contribution in [2.24, 2.45) is 0 Å². The number of esters is 1. The van der Waals surface area contributed by atoms with Gasteiger partial charge in [-0.3, -0.25) is 4.79 Å². The first-order valence-electron chi connectivity index (χ1n) is 10.9. The average Bonchev–Trinajstić information content (AvgIpc) is 2.74. The van der Waals surface area contributed by atoms with Crippen LogP contribution in [-0.2, 0) is 19.7 Å². The number of dihydropyridines is 1. The zero-order chi connectivity index (χ0) is 26.0. The van der Waals surface area contributed by atoms with Crippen LogP contribution in [0.4, 0.5) is 25.0 Å². The van der Waals surface area contributed by atoms with Gasteiger partial charge in [0, 0.05) is 22.9 Å². The van der Waals surface area contributed by atoms with Crippen molar-refractivity contribution in [1.29, 1.82) is 0 Å². The molecule has 9 heteroatoms. The number of carbonyl (C=O) groups excluding carboxylic acids is 3. The van der Waals surface area contributed by atoms with Crippen LogP contribution in [-0.4, -0.2) is 23.9 Å². The minimum atomic E-state index is -1.06. The Hall–Kier alpha value is -4.01. The van der Waals surface area contributed by atoms with Crippen LogP contribution in [0.3, 0.4) is 0 Å². The molecule has 1 aliphatic rings. The van der Waals surface area contributed by atoms with E-state index >= 15 is 0 Å². The number of amides is 2. The van der Waals surface area contributed by atoms with Crippen molar-refractivity contribution < 1.29 is 27.9 Å². The van der Waals surface area contributed by atoms with Crippen molar-refractivity contribution in [1.82, 2.24) is 5.32 Å². The summed E-state index contributed by atoms with van der Waals surface area (Å²) in [5, 5.41) is 7.85. The van der Waals surface area contributed by atoms with Crippen molar-refractivity contribution in [3.05, 3.63) is 82.7 Å². The summed E-state index contributed by atoms with van der Waals surface area (Å²) >= 11 is 0. The Morgan fingerprint density at radius 2 is 1.80 bits per heavy atom. The second-order valence-electron chi connectivity index (χ2n) is 9.33. The fourth-order valence-electron chi connectivity index (χ4n) is 3.87. The van der Waals surface area contributed by atoms with Crippen molar-refractivity contribution in [3.63, 3.8) is 0 Å². The highest BCUT2D eigenvalue weighted by atomic mass is 19.1. The molecule has 0 aliphatic carbocycles. The summed E-state index contributed by atoms with van der Waals surface area (Å²) in [7, 11) is 0. The number of aldehydes is 1. The Morgan fingerprint density at radius 1 is 1.09 bits per heavy atom. The maximum absolute atomic E-state index is 13.9. The molecule has 0 saturated heterocycles. The van der Waals surface area contributed by atoms with Crippen LogP contribution in [0, 0.1) is 11.6 Å². The quantitative estimate of drug-likeness (QED) is 0.403. The summed E-state index contributed by atoms with van der Waals surface area (Å²) in [5.74, 6) is -2.22. The molecule has 1 atom stereocenters. The molecule has 1 unspecified atom stereocenters. The molecule has 3 N–H and O–H groups in total. The zero-order valence-corrected chi connectivity index (χ0v) is 20.1. The smallest absolute Gasteiger partial charge is 0.337 e. The number of hydrogen-bond acceptors (Lipinski definition) is 5. The van der Waals surface area contributed by atoms with Gasteiger partial charge in [0.2, 0.25) is 0 Å². The van der Waals surface area contributed by atoms with E-state index < -0.39 is 34.7 Å². The summed E-state index contributed by atoms with van der Waals surface area (Å²) in [5.41, 5.74) is 0.0216. The minimum absolute atomic E-state index is 0.185. The van der Waals surface area contributed by atoms with Gasteiger partial charge >= 0.3 is 12.0 Å². The average molecular weight is 484 g/mol. The maximum Gasteiger partial charge on any atom is 0.337 e. The molecule has 0 bridgehead atoms. The molecule has 0 radical (unpaired) electrons. The Balaban J connectivity index is 1.94. The second kappa shape index (κ2) is 9.69. The van der Waals surface area contributed by atoms with Crippen LogP contribution < -0.4 is 16.0 Å². The Kier molecular flexibility index (Phi) is 7.09. The van der Waals surface area contributed by atoms with E-state index in [-0.39, 0.29) is 11.4 Å². The van der Waals surface area contributed by atoms with E-state index in [1.54, 1.807) is 65.0 Å². The summed E-state index contributed by atoms with van der Waals surface area (Å²) in [4.78, 5) is 37.2. The standard InChI is InChI=1S/C26H27F2N3O4/c1-15-22(23(33)35-25(2,3)4)26(5,13-19(14-32)29-15)16-7-6-8-18(11-16)30-24(34)31-21-10-9-17(27)12-20(21)28/h6-14,29H,1-5H3,(H2,30,31,34).